The monoisotopic (exact) mass is 414 g/mol. The zero-order valence-corrected chi connectivity index (χ0v) is 16.2. The molecule has 3 aliphatic rings. The van der Waals surface area contributed by atoms with Crippen molar-refractivity contribution in [3.05, 3.63) is 53.1 Å². The Morgan fingerprint density at radius 1 is 1.07 bits per heavy atom. The highest BCUT2D eigenvalue weighted by Crippen LogP contribution is 2.34. The number of rotatable bonds is 2. The van der Waals surface area contributed by atoms with E-state index in [1.807, 2.05) is 12.1 Å². The molecule has 0 atom stereocenters. The van der Waals surface area contributed by atoms with Crippen molar-refractivity contribution in [3.63, 3.8) is 0 Å². The van der Waals surface area contributed by atoms with Crippen LogP contribution < -0.4 is 25.2 Å². The van der Waals surface area contributed by atoms with E-state index in [0.717, 1.165) is 0 Å². The first-order chi connectivity index (χ1) is 14.0. The van der Waals surface area contributed by atoms with Crippen molar-refractivity contribution in [3.8, 4) is 11.5 Å². The Labute approximate surface area is 172 Å². The van der Waals surface area contributed by atoms with Gasteiger partial charge in [0.15, 0.2) is 11.5 Å². The average Bonchev–Trinajstić information content (AvgIpc) is 3.32. The van der Waals surface area contributed by atoms with E-state index in [4.69, 9.17) is 21.1 Å². The Kier molecular flexibility index (Phi) is 4.25. The van der Waals surface area contributed by atoms with E-state index in [1.165, 1.54) is 5.01 Å². The molecule has 150 valence electrons. The van der Waals surface area contributed by atoms with Gasteiger partial charge in [-0.3, -0.25) is 4.79 Å². The number of fused-ring (bicyclic) bond motifs is 1. The minimum atomic E-state index is -0.595. The molecule has 3 amide bonds. The number of amides is 3. The molecule has 0 radical (unpaired) electrons. The largest absolute Gasteiger partial charge is 0.454 e. The van der Waals surface area contributed by atoms with Gasteiger partial charge in [-0.1, -0.05) is 23.7 Å². The Balaban J connectivity index is 1.27. The Hall–Kier alpha value is -2.97. The minimum absolute atomic E-state index is 0.0644. The summed E-state index contributed by atoms with van der Waals surface area (Å²) in [5, 5.41) is 4.95. The summed E-state index contributed by atoms with van der Waals surface area (Å²) >= 11 is 6.24. The van der Waals surface area contributed by atoms with E-state index in [1.54, 1.807) is 35.2 Å². The van der Waals surface area contributed by atoms with E-state index in [-0.39, 0.29) is 18.7 Å². The molecule has 2 fully saturated rings. The van der Waals surface area contributed by atoms with E-state index in [0.29, 0.717) is 53.7 Å². The summed E-state index contributed by atoms with van der Waals surface area (Å²) < 4.78 is 10.7. The Morgan fingerprint density at radius 2 is 1.83 bits per heavy atom. The number of benzene rings is 2. The second kappa shape index (κ2) is 6.82. The van der Waals surface area contributed by atoms with Crippen molar-refractivity contribution in [2.45, 2.75) is 18.5 Å². The number of hydrogen-bond donors (Lipinski definition) is 2. The molecule has 29 heavy (non-hydrogen) atoms. The van der Waals surface area contributed by atoms with Crippen LogP contribution in [0, 0.1) is 0 Å². The second-order valence-electron chi connectivity index (χ2n) is 7.27. The van der Waals surface area contributed by atoms with Crippen LogP contribution in [-0.4, -0.2) is 42.4 Å². The zero-order valence-electron chi connectivity index (χ0n) is 15.5. The lowest BCUT2D eigenvalue weighted by molar-refractivity contribution is 0.0640. The van der Waals surface area contributed by atoms with Gasteiger partial charge >= 0.3 is 6.03 Å². The van der Waals surface area contributed by atoms with Crippen molar-refractivity contribution < 1.29 is 19.1 Å². The molecule has 0 bridgehead atoms. The molecule has 2 aromatic rings. The fourth-order valence-corrected chi connectivity index (χ4v) is 4.12. The number of nitrogens with zero attached hydrogens (tertiary/aromatic N) is 2. The number of ether oxygens (including phenoxy) is 2. The highest BCUT2D eigenvalue weighted by molar-refractivity contribution is 6.33. The van der Waals surface area contributed by atoms with Crippen molar-refractivity contribution in [2.24, 2.45) is 0 Å². The van der Waals surface area contributed by atoms with E-state index in [2.05, 4.69) is 10.7 Å². The third kappa shape index (κ3) is 3.14. The number of halogens is 1. The van der Waals surface area contributed by atoms with Crippen molar-refractivity contribution >= 4 is 29.2 Å². The number of anilines is 1. The number of carbonyl (C=O) groups excluding carboxylic acids is 2. The first-order valence-corrected chi connectivity index (χ1v) is 9.76. The number of hydrazine groups is 1. The predicted octanol–water partition coefficient (Wildman–Crippen LogP) is 2.74. The van der Waals surface area contributed by atoms with Crippen LogP contribution in [0.15, 0.2) is 42.5 Å². The summed E-state index contributed by atoms with van der Waals surface area (Å²) in [5.41, 5.74) is 3.83. The van der Waals surface area contributed by atoms with Gasteiger partial charge in [0.25, 0.3) is 5.91 Å². The number of urea groups is 1. The molecule has 8 nitrogen and oxygen atoms in total. The number of hydrogen-bond acceptors (Lipinski definition) is 5. The summed E-state index contributed by atoms with van der Waals surface area (Å²) in [7, 11) is 0. The van der Waals surface area contributed by atoms with Crippen molar-refractivity contribution in [1.82, 2.24) is 15.6 Å². The molecule has 0 aromatic heterocycles. The number of nitrogens with one attached hydrogen (secondary N) is 2. The van der Waals surface area contributed by atoms with E-state index < -0.39 is 5.66 Å². The summed E-state index contributed by atoms with van der Waals surface area (Å²) in [6, 6.07) is 12.1. The maximum absolute atomic E-state index is 12.9. The Morgan fingerprint density at radius 3 is 2.62 bits per heavy atom. The molecule has 3 aliphatic heterocycles. The van der Waals surface area contributed by atoms with Gasteiger partial charge < -0.3 is 19.7 Å². The summed E-state index contributed by atoms with van der Waals surface area (Å²) in [5.74, 6) is 1.17. The second-order valence-corrected chi connectivity index (χ2v) is 7.68. The number of likely N-dealkylation sites (tertiary alicyclic amines) is 1. The summed E-state index contributed by atoms with van der Waals surface area (Å²) in [4.78, 5) is 27.2. The third-order valence-electron chi connectivity index (χ3n) is 5.49. The summed E-state index contributed by atoms with van der Waals surface area (Å²) in [6.07, 6.45) is 1.16. The van der Waals surface area contributed by atoms with Crippen LogP contribution in [0.5, 0.6) is 11.5 Å². The van der Waals surface area contributed by atoms with Gasteiger partial charge in [0.1, 0.15) is 5.66 Å². The smallest absolute Gasteiger partial charge is 0.338 e. The van der Waals surface area contributed by atoms with Crippen LogP contribution in [0.2, 0.25) is 5.02 Å². The molecule has 9 heteroatoms. The standard InChI is InChI=1S/C20H19ClN4O4/c21-14-3-1-2-4-15(14)25-19(27)22-20(23-25)7-9-24(10-8-20)18(26)13-5-6-16-17(11-13)29-12-28-16/h1-6,11,23H,7-10,12H2,(H,22,27). The lowest BCUT2D eigenvalue weighted by atomic mass is 9.97. The van der Waals surface area contributed by atoms with Crippen LogP contribution in [0.4, 0.5) is 10.5 Å². The predicted molar refractivity (Wildman–Crippen MR) is 106 cm³/mol. The van der Waals surface area contributed by atoms with Crippen molar-refractivity contribution in [1.29, 1.82) is 0 Å². The fraction of sp³-hybridized carbons (Fsp3) is 0.300. The maximum Gasteiger partial charge on any atom is 0.338 e. The maximum atomic E-state index is 12.9. The number of piperidine rings is 1. The van der Waals surface area contributed by atoms with Crippen LogP contribution in [0.1, 0.15) is 23.2 Å². The van der Waals surface area contributed by atoms with E-state index in [9.17, 15) is 9.59 Å². The molecule has 2 aromatic carbocycles. The van der Waals surface area contributed by atoms with Crippen LogP contribution >= 0.6 is 11.6 Å². The highest BCUT2D eigenvalue weighted by Gasteiger charge is 2.45. The minimum Gasteiger partial charge on any atom is -0.454 e. The molecular weight excluding hydrogens is 396 g/mol. The van der Waals surface area contributed by atoms with Gasteiger partial charge in [-0.15, -0.1) is 0 Å². The van der Waals surface area contributed by atoms with Gasteiger partial charge in [0.2, 0.25) is 6.79 Å². The van der Waals surface area contributed by atoms with Crippen LogP contribution in [0.3, 0.4) is 0 Å². The number of para-hydroxylation sites is 1. The average molecular weight is 415 g/mol. The normalized spacial score (nSPS) is 19.6. The van der Waals surface area contributed by atoms with Crippen LogP contribution in [-0.2, 0) is 0 Å². The molecule has 2 N–H and O–H groups in total. The van der Waals surface area contributed by atoms with Gasteiger partial charge in [-0.25, -0.2) is 15.2 Å². The Bertz CT molecular complexity index is 990. The third-order valence-corrected chi connectivity index (χ3v) is 5.81. The van der Waals surface area contributed by atoms with Gasteiger partial charge in [-0.2, -0.15) is 0 Å². The van der Waals surface area contributed by atoms with Gasteiger partial charge in [0, 0.05) is 31.5 Å². The molecule has 5 rings (SSSR count). The molecule has 0 unspecified atom stereocenters. The number of carbonyl (C=O) groups is 2. The summed E-state index contributed by atoms with van der Waals surface area (Å²) in [6.45, 7) is 1.19. The quantitative estimate of drug-likeness (QED) is 0.789. The van der Waals surface area contributed by atoms with Gasteiger partial charge in [-0.05, 0) is 30.3 Å². The van der Waals surface area contributed by atoms with Gasteiger partial charge in [0.05, 0.1) is 10.7 Å². The topological polar surface area (TPSA) is 83.1 Å². The fourth-order valence-electron chi connectivity index (χ4n) is 3.90. The molecule has 1 spiro atoms. The SMILES string of the molecule is O=C(c1ccc2c(c1)OCO2)N1CCC2(CC1)NC(=O)N(c1ccccc1Cl)N2. The lowest BCUT2D eigenvalue weighted by Gasteiger charge is -2.38. The molecule has 3 heterocycles. The lowest BCUT2D eigenvalue weighted by Crippen LogP contribution is -2.58. The zero-order chi connectivity index (χ0) is 20.0. The molecular formula is C20H19ClN4O4. The van der Waals surface area contributed by atoms with Crippen LogP contribution in [0.25, 0.3) is 0 Å². The van der Waals surface area contributed by atoms with E-state index >= 15 is 0 Å². The molecule has 0 aliphatic carbocycles. The first kappa shape index (κ1) is 18.1. The molecule has 0 saturated carbocycles. The first-order valence-electron chi connectivity index (χ1n) is 9.38. The molecule has 2 saturated heterocycles. The highest BCUT2D eigenvalue weighted by atomic mass is 35.5. The van der Waals surface area contributed by atoms with Crippen molar-refractivity contribution in [2.75, 3.05) is 24.9 Å².